The summed E-state index contributed by atoms with van der Waals surface area (Å²) < 4.78 is 0. The fraction of sp³-hybridized carbons (Fsp3) is 0.176. The van der Waals surface area contributed by atoms with Gasteiger partial charge in [-0.05, 0) is 55.0 Å². The van der Waals surface area contributed by atoms with Gasteiger partial charge in [0.1, 0.15) is 0 Å². The number of para-hydroxylation sites is 2. The van der Waals surface area contributed by atoms with Crippen molar-refractivity contribution in [2.24, 2.45) is 0 Å². The molecule has 23 heavy (non-hydrogen) atoms. The molecule has 6 heteroatoms. The predicted octanol–water partition coefficient (Wildman–Crippen LogP) is 4.41. The van der Waals surface area contributed by atoms with Crippen LogP contribution < -0.4 is 10.6 Å². The van der Waals surface area contributed by atoms with E-state index >= 15 is 0 Å². The normalized spacial score (nSPS) is 10.7. The van der Waals surface area contributed by atoms with Gasteiger partial charge in [0.2, 0.25) is 0 Å². The van der Waals surface area contributed by atoms with Crippen LogP contribution in [0.25, 0.3) is 11.0 Å². The lowest BCUT2D eigenvalue weighted by Crippen LogP contribution is -2.28. The minimum atomic E-state index is 0.657. The molecule has 3 aromatic rings. The molecule has 0 bridgehead atoms. The Kier molecular flexibility index (Phi) is 5.15. The average molecular weight is 342 g/mol. The van der Waals surface area contributed by atoms with Crippen molar-refractivity contribution in [3.8, 4) is 0 Å². The van der Waals surface area contributed by atoms with Gasteiger partial charge in [0.25, 0.3) is 0 Å². The number of aromatic nitrogens is 2. The third-order valence-corrected chi connectivity index (χ3v) is 4.37. The van der Waals surface area contributed by atoms with Crippen LogP contribution in [0.3, 0.4) is 0 Å². The van der Waals surface area contributed by atoms with Crippen molar-refractivity contribution < 1.29 is 0 Å². The van der Waals surface area contributed by atoms with Crippen molar-refractivity contribution in [1.29, 1.82) is 0 Å². The molecular weight excluding hydrogens is 324 g/mol. The average Bonchev–Trinajstić information content (AvgIpc) is 2.97. The maximum Gasteiger partial charge on any atom is 0.171 e. The maximum atomic E-state index is 5.23. The van der Waals surface area contributed by atoms with Crippen molar-refractivity contribution in [1.82, 2.24) is 15.3 Å². The van der Waals surface area contributed by atoms with Crippen molar-refractivity contribution in [3.05, 3.63) is 48.5 Å². The van der Waals surface area contributed by atoms with Gasteiger partial charge in [-0.15, -0.1) is 0 Å². The van der Waals surface area contributed by atoms with Gasteiger partial charge in [-0.25, -0.2) is 4.98 Å². The summed E-state index contributed by atoms with van der Waals surface area (Å²) in [7, 11) is 0. The van der Waals surface area contributed by atoms with Crippen LogP contribution in [0.15, 0.2) is 58.6 Å². The van der Waals surface area contributed by atoms with Gasteiger partial charge in [0.05, 0.1) is 11.0 Å². The zero-order valence-corrected chi connectivity index (χ0v) is 14.4. The van der Waals surface area contributed by atoms with Crippen LogP contribution in [-0.2, 0) is 0 Å². The van der Waals surface area contributed by atoms with E-state index in [1.54, 1.807) is 11.8 Å². The van der Waals surface area contributed by atoms with Crippen LogP contribution in [-0.4, -0.2) is 21.6 Å². The topological polar surface area (TPSA) is 52.7 Å². The number of hydrogen-bond acceptors (Lipinski definition) is 3. The molecule has 0 saturated carbocycles. The number of H-pyrrole nitrogens is 1. The van der Waals surface area contributed by atoms with E-state index in [0.717, 1.165) is 39.7 Å². The number of hydrogen-bond donors (Lipinski definition) is 3. The second kappa shape index (κ2) is 7.48. The van der Waals surface area contributed by atoms with E-state index in [2.05, 4.69) is 39.7 Å². The quantitative estimate of drug-likeness (QED) is 0.600. The summed E-state index contributed by atoms with van der Waals surface area (Å²) in [6.45, 7) is 2.99. The van der Waals surface area contributed by atoms with Crippen molar-refractivity contribution >= 4 is 45.8 Å². The van der Waals surface area contributed by atoms with Crippen LogP contribution in [0, 0.1) is 0 Å². The van der Waals surface area contributed by atoms with Crippen molar-refractivity contribution in [3.63, 3.8) is 0 Å². The van der Waals surface area contributed by atoms with Crippen LogP contribution in [0.2, 0.25) is 0 Å². The molecule has 4 nitrogen and oxygen atoms in total. The van der Waals surface area contributed by atoms with E-state index < -0.39 is 0 Å². The first-order chi connectivity index (χ1) is 11.2. The molecule has 0 saturated heterocycles. The molecular formula is C17H18N4S2. The Morgan fingerprint density at radius 2 is 1.96 bits per heavy atom. The molecule has 0 fully saturated rings. The number of anilines is 1. The fourth-order valence-electron chi connectivity index (χ4n) is 2.11. The summed E-state index contributed by atoms with van der Waals surface area (Å²) in [6.07, 6.45) is 1.05. The molecule has 0 unspecified atom stereocenters. The van der Waals surface area contributed by atoms with E-state index in [1.165, 1.54) is 0 Å². The minimum absolute atomic E-state index is 0.657. The summed E-state index contributed by atoms with van der Waals surface area (Å²) >= 11 is 6.85. The predicted molar refractivity (Wildman–Crippen MR) is 101 cm³/mol. The monoisotopic (exact) mass is 342 g/mol. The Balaban J connectivity index is 1.64. The van der Waals surface area contributed by atoms with Gasteiger partial charge < -0.3 is 15.6 Å². The maximum absolute atomic E-state index is 5.23. The molecule has 2 aromatic carbocycles. The van der Waals surface area contributed by atoms with Crippen LogP contribution in [0.4, 0.5) is 5.69 Å². The number of imidazole rings is 1. The van der Waals surface area contributed by atoms with Crippen LogP contribution >= 0.6 is 24.0 Å². The highest BCUT2D eigenvalue weighted by molar-refractivity contribution is 7.99. The third kappa shape index (κ3) is 4.24. The lowest BCUT2D eigenvalue weighted by atomic mass is 10.3. The second-order valence-corrected chi connectivity index (χ2v) is 6.54. The Morgan fingerprint density at radius 3 is 2.70 bits per heavy atom. The number of benzene rings is 2. The smallest absolute Gasteiger partial charge is 0.171 e. The fourth-order valence-corrected chi connectivity index (χ4v) is 3.13. The van der Waals surface area contributed by atoms with Gasteiger partial charge >= 0.3 is 0 Å². The highest BCUT2D eigenvalue weighted by Crippen LogP contribution is 2.28. The number of fused-ring (bicyclic) bond motifs is 1. The molecule has 3 N–H and O–H groups in total. The summed E-state index contributed by atoms with van der Waals surface area (Å²) in [4.78, 5) is 9.02. The minimum Gasteiger partial charge on any atom is -0.362 e. The number of aromatic amines is 1. The van der Waals surface area contributed by atoms with E-state index in [4.69, 9.17) is 12.2 Å². The molecule has 0 aliphatic rings. The van der Waals surface area contributed by atoms with E-state index in [0.29, 0.717) is 5.11 Å². The number of nitrogens with one attached hydrogen (secondary N) is 3. The second-order valence-electron chi connectivity index (χ2n) is 5.07. The third-order valence-electron chi connectivity index (χ3n) is 3.23. The molecule has 0 aliphatic heterocycles. The summed E-state index contributed by atoms with van der Waals surface area (Å²) in [6, 6.07) is 16.2. The van der Waals surface area contributed by atoms with Crippen LogP contribution in [0.1, 0.15) is 13.3 Å². The van der Waals surface area contributed by atoms with Gasteiger partial charge in [-0.1, -0.05) is 30.8 Å². The lowest BCUT2D eigenvalue weighted by molar-refractivity contribution is 0.846. The van der Waals surface area contributed by atoms with Gasteiger partial charge in [-0.3, -0.25) is 0 Å². The molecule has 0 atom stereocenters. The molecule has 1 heterocycles. The Morgan fingerprint density at radius 1 is 1.17 bits per heavy atom. The summed E-state index contributed by atoms with van der Waals surface area (Å²) in [5.41, 5.74) is 3.02. The van der Waals surface area contributed by atoms with Gasteiger partial charge in [0.15, 0.2) is 10.3 Å². The molecule has 0 spiro atoms. The van der Waals surface area contributed by atoms with Gasteiger partial charge in [0, 0.05) is 17.1 Å². The first-order valence-corrected chi connectivity index (χ1v) is 8.74. The molecule has 0 radical (unpaired) electrons. The Bertz CT molecular complexity index is 763. The van der Waals surface area contributed by atoms with E-state index in [-0.39, 0.29) is 0 Å². The SMILES string of the molecule is CCCNC(=S)Nc1ccc(Sc2nc3ccccc3[nH]2)cc1. The number of thiocarbonyl (C=S) groups is 1. The molecule has 3 rings (SSSR count). The van der Waals surface area contributed by atoms with Crippen molar-refractivity contribution in [2.45, 2.75) is 23.4 Å². The number of nitrogens with zero attached hydrogens (tertiary/aromatic N) is 1. The standard InChI is InChI=1S/C17H18N4S2/c1-2-11-18-16(22)19-12-7-9-13(10-8-12)23-17-20-14-5-3-4-6-15(14)21-17/h3-10H,2,11H2,1H3,(H,20,21)(H2,18,19,22). The lowest BCUT2D eigenvalue weighted by Gasteiger charge is -2.09. The number of rotatable bonds is 5. The molecule has 0 aliphatic carbocycles. The first-order valence-electron chi connectivity index (χ1n) is 7.52. The highest BCUT2D eigenvalue weighted by atomic mass is 32.2. The Hall–Kier alpha value is -2.05. The largest absolute Gasteiger partial charge is 0.362 e. The summed E-state index contributed by atoms with van der Waals surface area (Å²) in [5.74, 6) is 0. The van der Waals surface area contributed by atoms with E-state index in [9.17, 15) is 0 Å². The summed E-state index contributed by atoms with van der Waals surface area (Å²) in [5, 5.41) is 7.88. The molecule has 118 valence electrons. The molecule has 1 aromatic heterocycles. The first kappa shape index (κ1) is 15.8. The van der Waals surface area contributed by atoms with Gasteiger partial charge in [-0.2, -0.15) is 0 Å². The molecule has 0 amide bonds. The van der Waals surface area contributed by atoms with Crippen LogP contribution in [0.5, 0.6) is 0 Å². The van der Waals surface area contributed by atoms with E-state index in [1.807, 2.05) is 36.4 Å². The Labute approximate surface area is 145 Å². The zero-order valence-electron chi connectivity index (χ0n) is 12.8. The zero-order chi connectivity index (χ0) is 16.1. The van der Waals surface area contributed by atoms with Crippen molar-refractivity contribution in [2.75, 3.05) is 11.9 Å². The highest BCUT2D eigenvalue weighted by Gasteiger charge is 2.04.